The molecular weight excluding hydrogens is 225 g/mol. The minimum Gasteiger partial charge on any atom is -0.372 e. The summed E-state index contributed by atoms with van der Waals surface area (Å²) in [5.74, 6) is -0.381. The first kappa shape index (κ1) is 12.6. The Labute approximate surface area is 87.1 Å². The molecule has 1 aliphatic rings. The molecule has 1 aliphatic carbocycles. The van der Waals surface area contributed by atoms with Crippen molar-refractivity contribution in [3.63, 3.8) is 0 Å². The molecule has 0 radical (unpaired) electrons. The van der Waals surface area contributed by atoms with Gasteiger partial charge in [0.2, 0.25) is 11.9 Å². The molecule has 0 saturated heterocycles. The Bertz CT molecular complexity index is 296. The molecule has 0 amide bonds. The van der Waals surface area contributed by atoms with Crippen LogP contribution in [0.1, 0.15) is 12.8 Å². The van der Waals surface area contributed by atoms with Gasteiger partial charge in [-0.2, -0.15) is 0 Å². The molecule has 0 aliphatic heterocycles. The summed E-state index contributed by atoms with van der Waals surface area (Å²) in [6, 6.07) is 0. The summed E-state index contributed by atoms with van der Waals surface area (Å²) in [5, 5.41) is 18.5. The lowest BCUT2D eigenvalue weighted by atomic mass is 10.2. The topological polar surface area (TPSA) is 98.9 Å². The Balaban J connectivity index is 2.98. The molecule has 7 nitrogen and oxygen atoms in total. The molecular formula is C7H14NO6P. The number of aliphatic hydroxyl groups is 1. The largest absolute Gasteiger partial charge is 0.372 e. The van der Waals surface area contributed by atoms with Crippen LogP contribution in [0.15, 0.2) is 0 Å². The average molecular weight is 239 g/mol. The summed E-state index contributed by atoms with van der Waals surface area (Å²) >= 11 is 0. The van der Waals surface area contributed by atoms with Gasteiger partial charge in [0.05, 0.1) is 0 Å². The second-order valence-electron chi connectivity index (χ2n) is 3.51. The molecule has 1 rings (SSSR count). The average Bonchev–Trinajstić information content (AvgIpc) is 2.98. The van der Waals surface area contributed by atoms with Crippen molar-refractivity contribution in [1.82, 2.24) is 0 Å². The zero-order valence-corrected chi connectivity index (χ0v) is 9.48. The van der Waals surface area contributed by atoms with Gasteiger partial charge in [-0.3, -0.25) is 14.7 Å². The molecule has 88 valence electrons. The van der Waals surface area contributed by atoms with E-state index in [1.54, 1.807) is 0 Å². The summed E-state index contributed by atoms with van der Waals surface area (Å²) in [5.41, 5.74) is 0. The van der Waals surface area contributed by atoms with Crippen LogP contribution in [0.5, 0.6) is 0 Å². The Morgan fingerprint density at radius 2 is 2.00 bits per heavy atom. The van der Waals surface area contributed by atoms with E-state index in [4.69, 9.17) is 0 Å². The van der Waals surface area contributed by atoms with Crippen molar-refractivity contribution >= 4 is 7.60 Å². The highest BCUT2D eigenvalue weighted by atomic mass is 31.2. The van der Waals surface area contributed by atoms with Gasteiger partial charge in [0.25, 0.3) is 0 Å². The lowest BCUT2D eigenvalue weighted by Gasteiger charge is -2.29. The maximum Gasteiger partial charge on any atom is 0.368 e. The van der Waals surface area contributed by atoms with Crippen LogP contribution < -0.4 is 0 Å². The van der Waals surface area contributed by atoms with Gasteiger partial charge in [-0.1, -0.05) is 0 Å². The number of nitrogens with zero attached hydrogens (tertiary/aromatic N) is 1. The fraction of sp³-hybridized carbons (Fsp3) is 1.00. The quantitative estimate of drug-likeness (QED) is 0.419. The minimum atomic E-state index is -3.84. The van der Waals surface area contributed by atoms with Gasteiger partial charge >= 0.3 is 7.60 Å². The van der Waals surface area contributed by atoms with E-state index in [2.05, 4.69) is 9.05 Å². The van der Waals surface area contributed by atoms with Crippen LogP contribution >= 0.6 is 7.60 Å². The Hall–Kier alpha value is -0.490. The summed E-state index contributed by atoms with van der Waals surface area (Å²) in [4.78, 5) is 9.73. The van der Waals surface area contributed by atoms with Gasteiger partial charge in [0.1, 0.15) is 0 Å². The fourth-order valence-electron chi connectivity index (χ4n) is 1.57. The fourth-order valence-corrected chi connectivity index (χ4v) is 3.34. The predicted molar refractivity (Wildman–Crippen MR) is 51.2 cm³/mol. The maximum atomic E-state index is 12.0. The second-order valence-corrected chi connectivity index (χ2v) is 6.01. The van der Waals surface area contributed by atoms with Gasteiger partial charge in [-0.15, -0.1) is 0 Å². The van der Waals surface area contributed by atoms with Gasteiger partial charge in [-0.05, 0) is 12.8 Å². The van der Waals surface area contributed by atoms with Crippen molar-refractivity contribution in [2.75, 3.05) is 20.8 Å². The number of hydrogen-bond donors (Lipinski definition) is 1. The van der Waals surface area contributed by atoms with Crippen LogP contribution in [0.2, 0.25) is 0 Å². The van der Waals surface area contributed by atoms with Crippen LogP contribution in [-0.2, 0) is 13.6 Å². The molecule has 8 heteroatoms. The highest BCUT2D eigenvalue weighted by Crippen LogP contribution is 2.65. The van der Waals surface area contributed by atoms with Crippen LogP contribution in [-0.4, -0.2) is 36.1 Å². The van der Waals surface area contributed by atoms with Crippen molar-refractivity contribution in [1.29, 1.82) is 0 Å². The highest BCUT2D eigenvalue weighted by Gasteiger charge is 2.61. The lowest BCUT2D eigenvalue weighted by Crippen LogP contribution is -2.40. The third kappa shape index (κ3) is 2.20. The van der Waals surface area contributed by atoms with E-state index in [1.807, 2.05) is 0 Å². The van der Waals surface area contributed by atoms with E-state index in [0.717, 1.165) is 14.2 Å². The van der Waals surface area contributed by atoms with E-state index in [9.17, 15) is 19.8 Å². The van der Waals surface area contributed by atoms with E-state index in [0.29, 0.717) is 12.8 Å². The normalized spacial score (nSPS) is 21.0. The Kier molecular flexibility index (Phi) is 3.50. The van der Waals surface area contributed by atoms with Gasteiger partial charge < -0.3 is 14.2 Å². The first-order valence-corrected chi connectivity index (χ1v) is 5.99. The van der Waals surface area contributed by atoms with E-state index in [1.165, 1.54) is 0 Å². The summed E-state index contributed by atoms with van der Waals surface area (Å²) < 4.78 is 21.3. The van der Waals surface area contributed by atoms with Gasteiger partial charge in [0.15, 0.2) is 0 Å². The Morgan fingerprint density at radius 3 is 2.27 bits per heavy atom. The molecule has 0 aromatic rings. The molecule has 0 aromatic heterocycles. The standard InChI is InChI=1S/C7H14NO6P/c1-13-15(12,14-2)7(9,5-8(10)11)6-3-4-6/h6,9H,3-5H2,1-2H3. The summed E-state index contributed by atoms with van der Waals surface area (Å²) in [6.07, 6.45) is 1.20. The SMILES string of the molecule is COP(=O)(OC)C(O)(C[N+](=O)[O-])C1CC1. The van der Waals surface area contributed by atoms with Gasteiger partial charge in [-0.25, -0.2) is 0 Å². The molecule has 1 unspecified atom stereocenters. The first-order chi connectivity index (χ1) is 6.89. The second kappa shape index (κ2) is 4.17. The molecule has 0 bridgehead atoms. The third-order valence-electron chi connectivity index (χ3n) is 2.55. The molecule has 1 saturated carbocycles. The number of nitro groups is 1. The van der Waals surface area contributed by atoms with E-state index < -0.39 is 24.4 Å². The zero-order valence-electron chi connectivity index (χ0n) is 8.58. The van der Waals surface area contributed by atoms with E-state index in [-0.39, 0.29) is 5.92 Å². The van der Waals surface area contributed by atoms with Crippen molar-refractivity contribution in [3.8, 4) is 0 Å². The Morgan fingerprint density at radius 1 is 1.53 bits per heavy atom. The molecule has 0 heterocycles. The predicted octanol–water partition coefficient (Wildman–Crippen LogP) is 0.848. The highest BCUT2D eigenvalue weighted by molar-refractivity contribution is 7.55. The van der Waals surface area contributed by atoms with Crippen LogP contribution in [0.25, 0.3) is 0 Å². The first-order valence-electron chi connectivity index (χ1n) is 4.45. The third-order valence-corrected chi connectivity index (χ3v) is 4.96. The lowest BCUT2D eigenvalue weighted by molar-refractivity contribution is -0.496. The summed E-state index contributed by atoms with van der Waals surface area (Å²) in [6.45, 7) is -0.823. The van der Waals surface area contributed by atoms with Gasteiger partial charge in [0, 0.05) is 25.1 Å². The van der Waals surface area contributed by atoms with Crippen LogP contribution in [0.4, 0.5) is 0 Å². The smallest absolute Gasteiger partial charge is 0.368 e. The van der Waals surface area contributed by atoms with Crippen molar-refractivity contribution in [3.05, 3.63) is 10.1 Å². The molecule has 0 aromatic carbocycles. The van der Waals surface area contributed by atoms with Crippen LogP contribution in [0, 0.1) is 16.0 Å². The molecule has 1 atom stereocenters. The molecule has 1 N–H and O–H groups in total. The van der Waals surface area contributed by atoms with Crippen molar-refractivity contribution < 1.29 is 23.6 Å². The molecule has 0 spiro atoms. The van der Waals surface area contributed by atoms with E-state index >= 15 is 0 Å². The number of rotatable bonds is 6. The van der Waals surface area contributed by atoms with Crippen molar-refractivity contribution in [2.24, 2.45) is 5.92 Å². The zero-order chi connectivity index (χ0) is 11.7. The van der Waals surface area contributed by atoms with Crippen LogP contribution in [0.3, 0.4) is 0 Å². The monoisotopic (exact) mass is 239 g/mol. The maximum absolute atomic E-state index is 12.0. The summed E-state index contributed by atoms with van der Waals surface area (Å²) in [7, 11) is -1.62. The van der Waals surface area contributed by atoms with Crippen molar-refractivity contribution in [2.45, 2.75) is 18.2 Å². The number of hydrogen-bond acceptors (Lipinski definition) is 6. The molecule has 15 heavy (non-hydrogen) atoms. The minimum absolute atomic E-state index is 0.381. The molecule has 1 fully saturated rings.